The SMILES string of the molecule is COCCOCc1nc(C2(N)CCC(C)CC2)no1. The third kappa shape index (κ3) is 3.75. The van der Waals surface area contributed by atoms with Gasteiger partial charge < -0.3 is 19.7 Å². The molecule has 19 heavy (non-hydrogen) atoms. The molecule has 1 aromatic heterocycles. The van der Waals surface area contributed by atoms with Crippen molar-refractivity contribution in [3.05, 3.63) is 11.7 Å². The zero-order chi connectivity index (χ0) is 13.7. The predicted molar refractivity (Wildman–Crippen MR) is 69.3 cm³/mol. The zero-order valence-corrected chi connectivity index (χ0v) is 11.7. The van der Waals surface area contributed by atoms with Crippen LogP contribution in [0.1, 0.15) is 44.3 Å². The summed E-state index contributed by atoms with van der Waals surface area (Å²) in [5.41, 5.74) is 5.96. The molecule has 2 rings (SSSR count). The number of aromatic nitrogens is 2. The lowest BCUT2D eigenvalue weighted by molar-refractivity contribution is 0.0494. The van der Waals surface area contributed by atoms with Crippen molar-refractivity contribution in [2.24, 2.45) is 11.7 Å². The Morgan fingerprint density at radius 3 is 2.79 bits per heavy atom. The number of nitrogens with zero attached hydrogens (tertiary/aromatic N) is 2. The quantitative estimate of drug-likeness (QED) is 0.790. The molecule has 6 nitrogen and oxygen atoms in total. The topological polar surface area (TPSA) is 83.4 Å². The first-order chi connectivity index (χ1) is 9.14. The van der Waals surface area contributed by atoms with Crippen molar-refractivity contribution in [3.8, 4) is 0 Å². The predicted octanol–water partition coefficient (Wildman–Crippen LogP) is 1.60. The molecule has 0 atom stereocenters. The molecular formula is C13H23N3O3. The lowest BCUT2D eigenvalue weighted by Gasteiger charge is -2.33. The summed E-state index contributed by atoms with van der Waals surface area (Å²) in [5.74, 6) is 1.83. The van der Waals surface area contributed by atoms with E-state index in [9.17, 15) is 0 Å². The van der Waals surface area contributed by atoms with E-state index in [1.807, 2.05) is 0 Å². The molecule has 1 aromatic rings. The second-order valence-corrected chi connectivity index (χ2v) is 5.40. The highest BCUT2D eigenvalue weighted by Gasteiger charge is 2.36. The molecule has 1 aliphatic carbocycles. The molecule has 0 saturated heterocycles. The van der Waals surface area contributed by atoms with Gasteiger partial charge in [0.15, 0.2) is 5.82 Å². The van der Waals surface area contributed by atoms with Gasteiger partial charge >= 0.3 is 0 Å². The summed E-state index contributed by atoms with van der Waals surface area (Å²) in [4.78, 5) is 4.36. The zero-order valence-electron chi connectivity index (χ0n) is 11.7. The number of rotatable bonds is 6. The second kappa shape index (κ2) is 6.45. The van der Waals surface area contributed by atoms with Gasteiger partial charge in [-0.1, -0.05) is 12.1 Å². The maximum Gasteiger partial charge on any atom is 0.252 e. The van der Waals surface area contributed by atoms with Gasteiger partial charge in [0.25, 0.3) is 5.89 Å². The molecule has 0 amide bonds. The molecule has 0 bridgehead atoms. The van der Waals surface area contributed by atoms with Crippen LogP contribution in [0.15, 0.2) is 4.52 Å². The van der Waals surface area contributed by atoms with E-state index in [1.54, 1.807) is 7.11 Å². The molecule has 108 valence electrons. The van der Waals surface area contributed by atoms with Gasteiger partial charge in [0.2, 0.25) is 0 Å². The van der Waals surface area contributed by atoms with Crippen molar-refractivity contribution in [2.45, 2.75) is 44.8 Å². The van der Waals surface area contributed by atoms with E-state index in [0.717, 1.165) is 31.6 Å². The Bertz CT molecular complexity index is 386. The van der Waals surface area contributed by atoms with Gasteiger partial charge in [0, 0.05) is 7.11 Å². The molecule has 0 aromatic carbocycles. The number of nitrogens with two attached hydrogens (primary N) is 1. The summed E-state index contributed by atoms with van der Waals surface area (Å²) in [5, 5.41) is 4.01. The van der Waals surface area contributed by atoms with Crippen LogP contribution in [0.25, 0.3) is 0 Å². The average Bonchev–Trinajstić information content (AvgIpc) is 2.88. The van der Waals surface area contributed by atoms with Gasteiger partial charge in [-0.2, -0.15) is 4.98 Å². The van der Waals surface area contributed by atoms with Crippen LogP contribution in [0.3, 0.4) is 0 Å². The van der Waals surface area contributed by atoms with Crippen LogP contribution in [-0.4, -0.2) is 30.5 Å². The van der Waals surface area contributed by atoms with Crippen LogP contribution in [-0.2, 0) is 21.6 Å². The molecule has 1 saturated carbocycles. The largest absolute Gasteiger partial charge is 0.382 e. The lowest BCUT2D eigenvalue weighted by atomic mass is 9.77. The van der Waals surface area contributed by atoms with E-state index < -0.39 is 5.54 Å². The van der Waals surface area contributed by atoms with Crippen molar-refractivity contribution in [1.29, 1.82) is 0 Å². The first-order valence-electron chi connectivity index (χ1n) is 6.82. The molecule has 1 aliphatic rings. The smallest absolute Gasteiger partial charge is 0.252 e. The van der Waals surface area contributed by atoms with Gasteiger partial charge in [-0.15, -0.1) is 0 Å². The standard InChI is InChI=1S/C13H23N3O3/c1-10-3-5-13(14,6-4-10)12-15-11(19-16-12)9-18-8-7-17-2/h10H,3-9,14H2,1-2H3. The molecule has 1 heterocycles. The van der Waals surface area contributed by atoms with Gasteiger partial charge in [0.1, 0.15) is 6.61 Å². The molecule has 0 radical (unpaired) electrons. The van der Waals surface area contributed by atoms with Gasteiger partial charge in [-0.05, 0) is 31.6 Å². The Hall–Kier alpha value is -0.980. The monoisotopic (exact) mass is 269 g/mol. The highest BCUT2D eigenvalue weighted by atomic mass is 16.5. The van der Waals surface area contributed by atoms with Crippen molar-refractivity contribution >= 4 is 0 Å². The number of hydrogen-bond acceptors (Lipinski definition) is 6. The van der Waals surface area contributed by atoms with E-state index in [-0.39, 0.29) is 0 Å². The molecular weight excluding hydrogens is 246 g/mol. The maximum atomic E-state index is 6.39. The second-order valence-electron chi connectivity index (χ2n) is 5.40. The number of hydrogen-bond donors (Lipinski definition) is 1. The molecule has 6 heteroatoms. The first-order valence-corrected chi connectivity index (χ1v) is 6.82. The van der Waals surface area contributed by atoms with Crippen molar-refractivity contribution in [1.82, 2.24) is 10.1 Å². The first kappa shape index (κ1) is 14.4. The minimum absolute atomic E-state index is 0.308. The van der Waals surface area contributed by atoms with Crippen molar-refractivity contribution < 1.29 is 14.0 Å². The molecule has 1 fully saturated rings. The van der Waals surface area contributed by atoms with E-state index in [4.69, 9.17) is 19.7 Å². The minimum atomic E-state index is -0.430. The van der Waals surface area contributed by atoms with Crippen LogP contribution in [0.5, 0.6) is 0 Å². The fourth-order valence-corrected chi connectivity index (χ4v) is 2.32. The fraction of sp³-hybridized carbons (Fsp3) is 0.846. The van der Waals surface area contributed by atoms with E-state index >= 15 is 0 Å². The van der Waals surface area contributed by atoms with E-state index in [0.29, 0.717) is 31.5 Å². The highest BCUT2D eigenvalue weighted by molar-refractivity contribution is 5.05. The summed E-state index contributed by atoms with van der Waals surface area (Å²) in [6.07, 6.45) is 4.06. The third-order valence-electron chi connectivity index (χ3n) is 3.74. The summed E-state index contributed by atoms with van der Waals surface area (Å²) < 4.78 is 15.4. The van der Waals surface area contributed by atoms with Crippen LogP contribution in [0, 0.1) is 5.92 Å². The maximum absolute atomic E-state index is 6.39. The van der Waals surface area contributed by atoms with Gasteiger partial charge in [-0.3, -0.25) is 0 Å². The van der Waals surface area contributed by atoms with Crippen LogP contribution in [0.2, 0.25) is 0 Å². The number of ether oxygens (including phenoxy) is 2. The molecule has 0 aliphatic heterocycles. The minimum Gasteiger partial charge on any atom is -0.382 e. The normalized spacial score (nSPS) is 27.6. The van der Waals surface area contributed by atoms with E-state index in [2.05, 4.69) is 17.1 Å². The third-order valence-corrected chi connectivity index (χ3v) is 3.74. The van der Waals surface area contributed by atoms with Crippen LogP contribution >= 0.6 is 0 Å². The summed E-state index contributed by atoms with van der Waals surface area (Å²) in [6.45, 7) is 3.63. The Labute approximate surface area is 113 Å². The lowest BCUT2D eigenvalue weighted by Crippen LogP contribution is -2.41. The fourth-order valence-electron chi connectivity index (χ4n) is 2.32. The average molecular weight is 269 g/mol. The van der Waals surface area contributed by atoms with Crippen LogP contribution < -0.4 is 5.73 Å². The van der Waals surface area contributed by atoms with Crippen molar-refractivity contribution in [3.63, 3.8) is 0 Å². The summed E-state index contributed by atoms with van der Waals surface area (Å²) in [6, 6.07) is 0. The highest BCUT2D eigenvalue weighted by Crippen LogP contribution is 2.35. The number of methoxy groups -OCH3 is 1. The molecule has 0 unspecified atom stereocenters. The Balaban J connectivity index is 1.89. The van der Waals surface area contributed by atoms with Crippen molar-refractivity contribution in [2.75, 3.05) is 20.3 Å². The van der Waals surface area contributed by atoms with E-state index in [1.165, 1.54) is 0 Å². The summed E-state index contributed by atoms with van der Waals surface area (Å²) >= 11 is 0. The Morgan fingerprint density at radius 2 is 2.11 bits per heavy atom. The van der Waals surface area contributed by atoms with Gasteiger partial charge in [-0.25, -0.2) is 0 Å². The van der Waals surface area contributed by atoms with Gasteiger partial charge in [0.05, 0.1) is 18.8 Å². The Morgan fingerprint density at radius 1 is 1.37 bits per heavy atom. The van der Waals surface area contributed by atoms with Crippen LogP contribution in [0.4, 0.5) is 0 Å². The molecule has 2 N–H and O–H groups in total. The molecule has 0 spiro atoms. The summed E-state index contributed by atoms with van der Waals surface area (Å²) in [7, 11) is 1.64. The Kier molecular flexibility index (Phi) is 4.90.